The van der Waals surface area contributed by atoms with Crippen LogP contribution >= 0.6 is 31.9 Å². The molecule has 0 N–H and O–H groups in total. The van der Waals surface area contributed by atoms with Crippen molar-refractivity contribution in [3.8, 4) is 11.5 Å². The van der Waals surface area contributed by atoms with Crippen molar-refractivity contribution >= 4 is 54.9 Å². The zero-order chi connectivity index (χ0) is 26.5. The Labute approximate surface area is 232 Å². The summed E-state index contributed by atoms with van der Waals surface area (Å²) < 4.78 is 19.2. The highest BCUT2D eigenvalue weighted by Crippen LogP contribution is 2.37. The molecule has 1 aliphatic carbocycles. The number of aromatic nitrogens is 2. The van der Waals surface area contributed by atoms with Gasteiger partial charge in [0.05, 0.1) is 35.3 Å². The van der Waals surface area contributed by atoms with Crippen LogP contribution in [0.25, 0.3) is 10.9 Å². The van der Waals surface area contributed by atoms with Gasteiger partial charge in [0.1, 0.15) is 5.82 Å². The summed E-state index contributed by atoms with van der Waals surface area (Å²) in [6.45, 7) is 3.86. The Balaban J connectivity index is 1.77. The van der Waals surface area contributed by atoms with Crippen LogP contribution in [0.1, 0.15) is 63.3 Å². The highest BCUT2D eigenvalue weighted by Gasteiger charge is 2.23. The highest BCUT2D eigenvalue weighted by atomic mass is 79.9. The maximum atomic E-state index is 13.6. The third-order valence-corrected chi connectivity index (χ3v) is 7.37. The van der Waals surface area contributed by atoms with Gasteiger partial charge in [-0.25, -0.2) is 9.78 Å². The number of carbonyl (C=O) groups excluding carboxylic acids is 1. The zero-order valence-corrected chi connectivity index (χ0v) is 24.2. The van der Waals surface area contributed by atoms with E-state index >= 15 is 0 Å². The average molecular weight is 635 g/mol. The lowest BCUT2D eigenvalue weighted by Gasteiger charge is -2.22. The number of ether oxygens (including phenoxy) is 3. The monoisotopic (exact) mass is 633 g/mol. The first-order chi connectivity index (χ1) is 17.8. The Morgan fingerprint density at radius 1 is 1.22 bits per heavy atom. The molecule has 0 aliphatic heterocycles. The molecule has 196 valence electrons. The van der Waals surface area contributed by atoms with E-state index < -0.39 is 12.1 Å². The summed E-state index contributed by atoms with van der Waals surface area (Å²) in [6, 6.07) is 9.08. The molecule has 1 saturated carbocycles. The Bertz CT molecular complexity index is 1380. The molecule has 8 nitrogen and oxygen atoms in total. The van der Waals surface area contributed by atoms with Gasteiger partial charge < -0.3 is 14.2 Å². The molecule has 1 aliphatic rings. The van der Waals surface area contributed by atoms with Gasteiger partial charge in [-0.15, -0.1) is 0 Å². The number of nitrogens with zero attached hydrogens (tertiary/aromatic N) is 3. The van der Waals surface area contributed by atoms with Crippen molar-refractivity contribution in [2.75, 3.05) is 13.7 Å². The van der Waals surface area contributed by atoms with Gasteiger partial charge in [0.15, 0.2) is 17.6 Å². The summed E-state index contributed by atoms with van der Waals surface area (Å²) in [5.41, 5.74) is 1.14. The van der Waals surface area contributed by atoms with Crippen molar-refractivity contribution in [2.45, 2.75) is 58.0 Å². The topological polar surface area (TPSA) is 92.0 Å². The molecule has 1 aromatic heterocycles. The predicted octanol–water partition coefficient (Wildman–Crippen LogP) is 6.19. The van der Waals surface area contributed by atoms with E-state index in [1.807, 2.05) is 19.1 Å². The summed E-state index contributed by atoms with van der Waals surface area (Å²) >= 11 is 6.98. The van der Waals surface area contributed by atoms with Crippen LogP contribution in [0.3, 0.4) is 0 Å². The smallest absolute Gasteiger partial charge is 0.346 e. The van der Waals surface area contributed by atoms with Crippen LogP contribution in [0.2, 0.25) is 0 Å². The predicted molar refractivity (Wildman–Crippen MR) is 150 cm³/mol. The molecule has 0 spiro atoms. The van der Waals surface area contributed by atoms with Crippen LogP contribution in [0.15, 0.2) is 49.2 Å². The normalized spacial score (nSPS) is 15.2. The SMILES string of the molecule is CCOc1cc(C=Nn2c(C3CCCCC3)nc3ccc(Br)cc3c2=O)cc(Br)c1O[C@@H](C)C(=O)OC. The molecule has 0 amide bonds. The van der Waals surface area contributed by atoms with Crippen LogP contribution in [0.5, 0.6) is 11.5 Å². The van der Waals surface area contributed by atoms with Gasteiger partial charge in [0.25, 0.3) is 5.56 Å². The average Bonchev–Trinajstić information content (AvgIpc) is 2.90. The van der Waals surface area contributed by atoms with Crippen molar-refractivity contribution in [3.05, 3.63) is 61.0 Å². The van der Waals surface area contributed by atoms with E-state index in [1.54, 1.807) is 31.3 Å². The molecule has 4 rings (SSSR count). The molecule has 2 aromatic carbocycles. The summed E-state index contributed by atoms with van der Waals surface area (Å²) in [5.74, 6) is 1.19. The molecule has 0 bridgehead atoms. The van der Waals surface area contributed by atoms with Gasteiger partial charge in [0, 0.05) is 10.4 Å². The quantitative estimate of drug-likeness (QED) is 0.217. The number of methoxy groups -OCH3 is 1. The molecule has 0 saturated heterocycles. The van der Waals surface area contributed by atoms with Gasteiger partial charge in [-0.05, 0) is 78.5 Å². The lowest BCUT2D eigenvalue weighted by Crippen LogP contribution is -2.25. The van der Waals surface area contributed by atoms with Gasteiger partial charge in [-0.2, -0.15) is 9.78 Å². The fraction of sp³-hybridized carbons (Fsp3) is 0.407. The number of carbonyl (C=O) groups is 1. The largest absolute Gasteiger partial charge is 0.490 e. The first kappa shape index (κ1) is 27.3. The molecule has 10 heteroatoms. The lowest BCUT2D eigenvalue weighted by molar-refractivity contribution is -0.147. The van der Waals surface area contributed by atoms with E-state index in [0.29, 0.717) is 44.9 Å². The van der Waals surface area contributed by atoms with Crippen molar-refractivity contribution in [1.29, 1.82) is 0 Å². The number of hydrogen-bond acceptors (Lipinski definition) is 7. The van der Waals surface area contributed by atoms with E-state index in [-0.39, 0.29) is 11.5 Å². The van der Waals surface area contributed by atoms with Crippen molar-refractivity contribution in [3.63, 3.8) is 0 Å². The van der Waals surface area contributed by atoms with E-state index in [9.17, 15) is 9.59 Å². The number of fused-ring (bicyclic) bond motifs is 1. The Morgan fingerprint density at radius 2 is 1.97 bits per heavy atom. The molecule has 1 heterocycles. The van der Waals surface area contributed by atoms with Gasteiger partial charge in [-0.3, -0.25) is 4.79 Å². The van der Waals surface area contributed by atoms with Crippen molar-refractivity contribution < 1.29 is 19.0 Å². The van der Waals surface area contributed by atoms with Gasteiger partial charge >= 0.3 is 5.97 Å². The Kier molecular flexibility index (Phi) is 9.02. The number of hydrogen-bond donors (Lipinski definition) is 0. The van der Waals surface area contributed by atoms with Crippen molar-refractivity contribution in [2.24, 2.45) is 5.10 Å². The summed E-state index contributed by atoms with van der Waals surface area (Å²) in [5, 5.41) is 5.12. The third kappa shape index (κ3) is 6.23. The first-order valence-corrected chi connectivity index (χ1v) is 13.9. The highest BCUT2D eigenvalue weighted by molar-refractivity contribution is 9.10. The molecule has 0 unspecified atom stereocenters. The van der Waals surface area contributed by atoms with E-state index in [2.05, 4.69) is 37.0 Å². The van der Waals surface area contributed by atoms with Crippen molar-refractivity contribution in [1.82, 2.24) is 9.66 Å². The molecular formula is C27H29Br2N3O5. The minimum atomic E-state index is -0.820. The summed E-state index contributed by atoms with van der Waals surface area (Å²) in [6.07, 6.45) is 6.17. The second-order valence-electron chi connectivity index (χ2n) is 8.87. The second kappa shape index (κ2) is 12.2. The van der Waals surface area contributed by atoms with Gasteiger partial charge in [-0.1, -0.05) is 35.2 Å². The minimum absolute atomic E-state index is 0.174. The van der Waals surface area contributed by atoms with Gasteiger partial charge in [0.2, 0.25) is 0 Å². The summed E-state index contributed by atoms with van der Waals surface area (Å²) in [7, 11) is 1.31. The van der Waals surface area contributed by atoms with Crippen LogP contribution in [-0.2, 0) is 9.53 Å². The van der Waals surface area contributed by atoms with E-state index in [4.69, 9.17) is 19.2 Å². The maximum Gasteiger partial charge on any atom is 0.346 e. The third-order valence-electron chi connectivity index (χ3n) is 6.29. The number of rotatable bonds is 8. The van der Waals surface area contributed by atoms with Crippen LogP contribution < -0.4 is 15.0 Å². The minimum Gasteiger partial charge on any atom is -0.490 e. The Hall–Kier alpha value is -2.72. The zero-order valence-electron chi connectivity index (χ0n) is 21.0. The maximum absolute atomic E-state index is 13.6. The fourth-order valence-electron chi connectivity index (χ4n) is 4.46. The number of halogens is 2. The number of benzene rings is 2. The first-order valence-electron chi connectivity index (χ1n) is 12.3. The molecule has 37 heavy (non-hydrogen) atoms. The molecule has 0 radical (unpaired) electrons. The summed E-state index contributed by atoms with van der Waals surface area (Å²) in [4.78, 5) is 30.3. The van der Waals surface area contributed by atoms with Crippen LogP contribution in [-0.4, -0.2) is 41.7 Å². The van der Waals surface area contributed by atoms with E-state index in [1.165, 1.54) is 18.2 Å². The number of esters is 1. The van der Waals surface area contributed by atoms with Crippen LogP contribution in [0, 0.1) is 0 Å². The molecule has 1 atom stereocenters. The van der Waals surface area contributed by atoms with Crippen LogP contribution in [0.4, 0.5) is 0 Å². The molecule has 1 fully saturated rings. The second-order valence-corrected chi connectivity index (χ2v) is 10.6. The molecule has 3 aromatic rings. The van der Waals surface area contributed by atoms with E-state index in [0.717, 1.165) is 30.2 Å². The fourth-order valence-corrected chi connectivity index (χ4v) is 5.37. The lowest BCUT2D eigenvalue weighted by atomic mass is 9.88. The molecular weight excluding hydrogens is 606 g/mol. The standard InChI is InChI=1S/C27H29Br2N3O5/c1-4-36-23-13-17(12-21(29)24(23)37-16(2)27(34)35-3)15-30-32-25(18-8-6-5-7-9-18)31-22-11-10-19(28)14-20(22)26(32)33/h10-16,18H,4-9H2,1-3H3/t16-/m0/s1. The Morgan fingerprint density at radius 3 is 2.68 bits per heavy atom.